The number of hydrogen-bond donors (Lipinski definition) is 0. The predicted octanol–water partition coefficient (Wildman–Crippen LogP) is 2.95. The Kier molecular flexibility index (Phi) is 7.17. The maximum atomic E-state index is 13.0. The average molecular weight is 496 g/mol. The van der Waals surface area contributed by atoms with Crippen molar-refractivity contribution in [3.8, 4) is 0 Å². The molecular weight excluding hydrogens is 462 g/mol. The monoisotopic (exact) mass is 495 g/mol. The van der Waals surface area contributed by atoms with Crippen LogP contribution in [0.4, 0.5) is 0 Å². The van der Waals surface area contributed by atoms with Crippen LogP contribution in [0, 0.1) is 0 Å². The number of rotatable bonds is 7. The molecule has 5 rings (SSSR count). The van der Waals surface area contributed by atoms with E-state index in [0.717, 1.165) is 57.5 Å². The van der Waals surface area contributed by atoms with Crippen LogP contribution in [0.5, 0.6) is 0 Å². The summed E-state index contributed by atoms with van der Waals surface area (Å²) in [6.45, 7) is 5.85. The molecule has 3 aromatic rings. The fourth-order valence-electron chi connectivity index (χ4n) is 5.01. The van der Waals surface area contributed by atoms with Crippen molar-refractivity contribution >= 4 is 27.0 Å². The topological polar surface area (TPSA) is 78.7 Å². The quantitative estimate of drug-likeness (QED) is 0.504. The Bertz CT molecular complexity index is 1260. The van der Waals surface area contributed by atoms with Crippen LogP contribution in [0.15, 0.2) is 59.8 Å². The number of sulfonamides is 1. The molecule has 1 aromatic heterocycles. The lowest BCUT2D eigenvalue weighted by atomic mass is 10.2. The van der Waals surface area contributed by atoms with Gasteiger partial charge in [-0.3, -0.25) is 9.69 Å². The lowest BCUT2D eigenvalue weighted by Crippen LogP contribution is -2.48. The molecule has 0 atom stereocenters. The maximum absolute atomic E-state index is 13.0. The minimum Gasteiger partial charge on any atom is -0.340 e. The Morgan fingerprint density at radius 2 is 1.63 bits per heavy atom. The lowest BCUT2D eigenvalue weighted by Gasteiger charge is -2.34. The summed E-state index contributed by atoms with van der Waals surface area (Å²) in [5.74, 6) is 0.149. The predicted molar refractivity (Wildman–Crippen MR) is 135 cm³/mol. The van der Waals surface area contributed by atoms with Gasteiger partial charge >= 0.3 is 0 Å². The molecule has 2 fully saturated rings. The number of piperidine rings is 1. The first kappa shape index (κ1) is 24.0. The number of nitrogens with zero attached hydrogens (tertiary/aromatic N) is 5. The highest BCUT2D eigenvalue weighted by atomic mass is 32.2. The van der Waals surface area contributed by atoms with Crippen LogP contribution >= 0.6 is 0 Å². The zero-order valence-electron chi connectivity index (χ0n) is 20.1. The van der Waals surface area contributed by atoms with Crippen LogP contribution in [-0.2, 0) is 27.9 Å². The number of imidazole rings is 1. The second-order valence-electron chi connectivity index (χ2n) is 9.45. The van der Waals surface area contributed by atoms with E-state index >= 15 is 0 Å². The Morgan fingerprint density at radius 3 is 2.37 bits per heavy atom. The summed E-state index contributed by atoms with van der Waals surface area (Å²) in [6, 6.07) is 15.6. The maximum Gasteiger partial charge on any atom is 0.243 e. The number of fused-ring (bicyclic) bond motifs is 1. The van der Waals surface area contributed by atoms with Gasteiger partial charge in [-0.15, -0.1) is 0 Å². The van der Waals surface area contributed by atoms with Crippen LogP contribution in [0.3, 0.4) is 0 Å². The van der Waals surface area contributed by atoms with Crippen molar-refractivity contribution in [3.63, 3.8) is 0 Å². The van der Waals surface area contributed by atoms with Gasteiger partial charge < -0.3 is 9.47 Å². The highest BCUT2D eigenvalue weighted by Crippen LogP contribution is 2.24. The first-order chi connectivity index (χ1) is 17.0. The summed E-state index contributed by atoms with van der Waals surface area (Å²) in [7, 11) is -3.49. The number of piperazine rings is 1. The largest absolute Gasteiger partial charge is 0.340 e. The van der Waals surface area contributed by atoms with Gasteiger partial charge in [-0.25, -0.2) is 13.4 Å². The van der Waals surface area contributed by atoms with Crippen LogP contribution in [0.25, 0.3) is 11.0 Å². The standard InChI is InChI=1S/C26H33N5O3S/c32-26(29-17-15-28(16-18-29)20-22-7-3-1-4-8-22)11-14-30-21-27-24-19-23(9-10-25(24)30)35(33,34)31-12-5-2-6-13-31/h1,3-4,7-10,19,21H,2,5-6,11-18,20H2. The zero-order chi connectivity index (χ0) is 24.3. The van der Waals surface area contributed by atoms with Gasteiger partial charge in [0.2, 0.25) is 15.9 Å². The van der Waals surface area contributed by atoms with Crippen LogP contribution in [0.2, 0.25) is 0 Å². The number of amides is 1. The molecule has 0 unspecified atom stereocenters. The lowest BCUT2D eigenvalue weighted by molar-refractivity contribution is -0.133. The first-order valence-corrected chi connectivity index (χ1v) is 13.9. The van der Waals surface area contributed by atoms with E-state index in [1.807, 2.05) is 21.6 Å². The Balaban J connectivity index is 1.16. The van der Waals surface area contributed by atoms with Gasteiger partial charge in [0, 0.05) is 58.8 Å². The third-order valence-corrected chi connectivity index (χ3v) is 8.98. The summed E-state index contributed by atoms with van der Waals surface area (Å²) in [6.07, 6.45) is 5.00. The fraction of sp³-hybridized carbons (Fsp3) is 0.462. The molecule has 0 bridgehead atoms. The van der Waals surface area contributed by atoms with Gasteiger partial charge in [0.1, 0.15) is 0 Å². The normalized spacial score (nSPS) is 18.2. The van der Waals surface area contributed by atoms with E-state index in [4.69, 9.17) is 0 Å². The molecule has 9 heteroatoms. The molecule has 0 saturated carbocycles. The minimum absolute atomic E-state index is 0.149. The van der Waals surface area contributed by atoms with Crippen molar-refractivity contribution in [2.45, 2.75) is 43.7 Å². The minimum atomic E-state index is -3.49. The molecule has 0 radical (unpaired) electrons. The SMILES string of the molecule is O=C(CCn1cnc2cc(S(=O)(=O)N3CCCCC3)ccc21)N1CCN(Cc2ccccc2)CC1. The van der Waals surface area contributed by atoms with Gasteiger partial charge in [0.05, 0.1) is 22.3 Å². The number of carbonyl (C=O) groups excluding carboxylic acids is 1. The molecule has 1 amide bonds. The molecule has 3 heterocycles. The van der Waals surface area contributed by atoms with E-state index in [1.54, 1.807) is 22.8 Å². The molecule has 0 aliphatic carbocycles. The van der Waals surface area contributed by atoms with Gasteiger partial charge in [0.15, 0.2) is 0 Å². The Hall–Kier alpha value is -2.75. The third kappa shape index (κ3) is 5.42. The second kappa shape index (κ2) is 10.5. The molecule has 35 heavy (non-hydrogen) atoms. The van der Waals surface area contributed by atoms with Gasteiger partial charge in [-0.05, 0) is 36.6 Å². The molecule has 2 aromatic carbocycles. The van der Waals surface area contributed by atoms with Crippen molar-refractivity contribution < 1.29 is 13.2 Å². The molecule has 0 N–H and O–H groups in total. The molecular formula is C26H33N5O3S. The van der Waals surface area contributed by atoms with Gasteiger partial charge in [0.25, 0.3) is 0 Å². The van der Waals surface area contributed by atoms with Gasteiger partial charge in [-0.1, -0.05) is 36.8 Å². The Morgan fingerprint density at radius 1 is 0.886 bits per heavy atom. The van der Waals surface area contributed by atoms with E-state index < -0.39 is 10.0 Å². The van der Waals surface area contributed by atoms with Gasteiger partial charge in [-0.2, -0.15) is 4.31 Å². The summed E-state index contributed by atoms with van der Waals surface area (Å²) in [4.78, 5) is 21.9. The van der Waals surface area contributed by atoms with Crippen molar-refractivity contribution in [3.05, 3.63) is 60.4 Å². The van der Waals surface area contributed by atoms with E-state index in [0.29, 0.717) is 36.5 Å². The van der Waals surface area contributed by atoms with E-state index in [1.165, 1.54) is 5.56 Å². The molecule has 186 valence electrons. The molecule has 2 saturated heterocycles. The van der Waals surface area contributed by atoms with Crippen LogP contribution in [0.1, 0.15) is 31.2 Å². The van der Waals surface area contributed by atoms with Crippen molar-refractivity contribution in [1.82, 2.24) is 23.7 Å². The molecule has 8 nitrogen and oxygen atoms in total. The first-order valence-electron chi connectivity index (χ1n) is 12.5. The summed E-state index contributed by atoms with van der Waals surface area (Å²) >= 11 is 0. The third-order valence-electron chi connectivity index (χ3n) is 7.09. The average Bonchev–Trinajstić information content (AvgIpc) is 3.31. The highest BCUT2D eigenvalue weighted by molar-refractivity contribution is 7.89. The fourth-order valence-corrected chi connectivity index (χ4v) is 6.55. The van der Waals surface area contributed by atoms with Crippen molar-refractivity contribution in [1.29, 1.82) is 0 Å². The zero-order valence-corrected chi connectivity index (χ0v) is 20.9. The summed E-state index contributed by atoms with van der Waals surface area (Å²) in [5, 5.41) is 0. The van der Waals surface area contributed by atoms with Crippen LogP contribution in [-0.4, -0.2) is 77.2 Å². The number of hydrogen-bond acceptors (Lipinski definition) is 5. The summed E-state index contributed by atoms with van der Waals surface area (Å²) in [5.41, 5.74) is 2.79. The smallest absolute Gasteiger partial charge is 0.243 e. The molecule has 0 spiro atoms. The van der Waals surface area contributed by atoms with Crippen LogP contribution < -0.4 is 0 Å². The summed E-state index contributed by atoms with van der Waals surface area (Å²) < 4.78 is 29.5. The second-order valence-corrected chi connectivity index (χ2v) is 11.4. The van der Waals surface area contributed by atoms with E-state index in [-0.39, 0.29) is 5.91 Å². The van der Waals surface area contributed by atoms with E-state index in [2.05, 4.69) is 34.1 Å². The molecule has 2 aliphatic heterocycles. The highest BCUT2D eigenvalue weighted by Gasteiger charge is 2.26. The number of aromatic nitrogens is 2. The number of benzene rings is 2. The van der Waals surface area contributed by atoms with Crippen molar-refractivity contribution in [2.24, 2.45) is 0 Å². The van der Waals surface area contributed by atoms with Crippen molar-refractivity contribution in [2.75, 3.05) is 39.3 Å². The Labute approximate surface area is 207 Å². The van der Waals surface area contributed by atoms with E-state index in [9.17, 15) is 13.2 Å². The molecule has 2 aliphatic rings. The number of carbonyl (C=O) groups is 1. The number of aryl methyl sites for hydroxylation is 1.